The van der Waals surface area contributed by atoms with Crippen LogP contribution in [0.15, 0.2) is 33.3 Å². The molecule has 1 fully saturated rings. The lowest BCUT2D eigenvalue weighted by Gasteiger charge is -2.32. The largest absolute Gasteiger partial charge is 0.416 e. The van der Waals surface area contributed by atoms with E-state index in [4.69, 9.17) is 9.05 Å². The van der Waals surface area contributed by atoms with Crippen molar-refractivity contribution in [1.29, 1.82) is 0 Å². The SMILES string of the molecule is CCc1noc(CN2CCN(Cc3nc(-c4cccc(C(F)(F)F)c4)no3)CC2)n1. The maximum atomic E-state index is 12.9. The van der Waals surface area contributed by atoms with Crippen LogP contribution < -0.4 is 0 Å². The van der Waals surface area contributed by atoms with Gasteiger partial charge in [0, 0.05) is 38.2 Å². The Bertz CT molecular complexity index is 979. The molecule has 0 aliphatic carbocycles. The predicted octanol–water partition coefficient (Wildman–Crippen LogP) is 3.02. The van der Waals surface area contributed by atoms with E-state index in [9.17, 15) is 13.2 Å². The Morgan fingerprint density at radius 1 is 0.933 bits per heavy atom. The number of aromatic nitrogens is 4. The zero-order valence-electron chi connectivity index (χ0n) is 16.4. The molecule has 3 heterocycles. The Morgan fingerprint density at radius 3 is 2.17 bits per heavy atom. The maximum absolute atomic E-state index is 12.9. The summed E-state index contributed by atoms with van der Waals surface area (Å²) in [5, 5.41) is 7.74. The third kappa shape index (κ3) is 4.85. The molecular formula is C19H21F3N6O2. The first-order valence-corrected chi connectivity index (χ1v) is 9.67. The number of benzene rings is 1. The van der Waals surface area contributed by atoms with Crippen molar-refractivity contribution in [2.45, 2.75) is 32.6 Å². The van der Waals surface area contributed by atoms with Gasteiger partial charge >= 0.3 is 6.18 Å². The molecule has 0 atom stereocenters. The zero-order valence-corrected chi connectivity index (χ0v) is 16.4. The van der Waals surface area contributed by atoms with Crippen LogP contribution in [0.1, 0.15) is 30.1 Å². The van der Waals surface area contributed by atoms with E-state index in [-0.39, 0.29) is 11.4 Å². The normalized spacial score (nSPS) is 16.3. The lowest BCUT2D eigenvalue weighted by atomic mass is 10.1. The molecule has 0 radical (unpaired) electrons. The number of rotatable bonds is 6. The van der Waals surface area contributed by atoms with E-state index in [0.717, 1.165) is 44.7 Å². The van der Waals surface area contributed by atoms with E-state index < -0.39 is 11.7 Å². The fourth-order valence-electron chi connectivity index (χ4n) is 3.26. The van der Waals surface area contributed by atoms with Gasteiger partial charge in [-0.2, -0.15) is 23.1 Å². The summed E-state index contributed by atoms with van der Waals surface area (Å²) >= 11 is 0. The van der Waals surface area contributed by atoms with E-state index in [1.807, 2.05) is 6.92 Å². The molecule has 0 amide bonds. The second kappa shape index (κ2) is 8.52. The number of hydrogen-bond donors (Lipinski definition) is 0. The maximum Gasteiger partial charge on any atom is 0.416 e. The Morgan fingerprint density at radius 2 is 1.57 bits per heavy atom. The number of piperazine rings is 1. The van der Waals surface area contributed by atoms with Crippen LogP contribution in [-0.2, 0) is 25.7 Å². The van der Waals surface area contributed by atoms with Crippen LogP contribution >= 0.6 is 0 Å². The quantitative estimate of drug-likeness (QED) is 0.600. The van der Waals surface area contributed by atoms with Gasteiger partial charge in [-0.15, -0.1) is 0 Å². The van der Waals surface area contributed by atoms with Gasteiger partial charge in [-0.1, -0.05) is 29.4 Å². The van der Waals surface area contributed by atoms with Gasteiger partial charge in [0.1, 0.15) is 0 Å². The zero-order chi connectivity index (χ0) is 21.1. The van der Waals surface area contributed by atoms with Crippen LogP contribution in [-0.4, -0.2) is 56.3 Å². The van der Waals surface area contributed by atoms with Crippen molar-refractivity contribution in [3.05, 3.63) is 47.4 Å². The summed E-state index contributed by atoms with van der Waals surface area (Å²) in [4.78, 5) is 13.0. The molecule has 0 spiro atoms. The number of hydrogen-bond acceptors (Lipinski definition) is 8. The number of nitrogens with zero attached hydrogens (tertiary/aromatic N) is 6. The minimum atomic E-state index is -4.42. The molecular weight excluding hydrogens is 401 g/mol. The van der Waals surface area contributed by atoms with E-state index >= 15 is 0 Å². The van der Waals surface area contributed by atoms with Gasteiger partial charge in [-0.3, -0.25) is 9.80 Å². The average molecular weight is 422 g/mol. The molecule has 0 unspecified atom stereocenters. The minimum absolute atomic E-state index is 0.151. The topological polar surface area (TPSA) is 84.3 Å². The summed E-state index contributed by atoms with van der Waals surface area (Å²) in [6.07, 6.45) is -3.68. The van der Waals surface area contributed by atoms with Gasteiger partial charge in [-0.25, -0.2) is 0 Å². The van der Waals surface area contributed by atoms with Crippen LogP contribution in [0.4, 0.5) is 13.2 Å². The fourth-order valence-corrected chi connectivity index (χ4v) is 3.26. The van der Waals surface area contributed by atoms with Crippen molar-refractivity contribution in [2.75, 3.05) is 26.2 Å². The number of aryl methyl sites for hydroxylation is 1. The monoisotopic (exact) mass is 422 g/mol. The Kier molecular flexibility index (Phi) is 5.82. The first-order valence-electron chi connectivity index (χ1n) is 9.67. The molecule has 2 aromatic heterocycles. The molecule has 3 aromatic rings. The van der Waals surface area contributed by atoms with Crippen molar-refractivity contribution in [1.82, 2.24) is 30.1 Å². The highest BCUT2D eigenvalue weighted by Crippen LogP contribution is 2.31. The standard InChI is InChI=1S/C19H21F3N6O2/c1-2-15-23-16(29-25-15)11-27-6-8-28(9-7-27)12-17-24-18(26-30-17)13-4-3-5-14(10-13)19(20,21)22/h3-5,10H,2,6-9,11-12H2,1H3. The third-order valence-electron chi connectivity index (χ3n) is 4.93. The van der Waals surface area contributed by atoms with Crippen LogP contribution in [0.25, 0.3) is 11.4 Å². The first-order chi connectivity index (χ1) is 14.4. The number of halogens is 3. The second-order valence-electron chi connectivity index (χ2n) is 7.10. The highest BCUT2D eigenvalue weighted by atomic mass is 19.4. The van der Waals surface area contributed by atoms with Gasteiger partial charge < -0.3 is 9.05 Å². The molecule has 1 aromatic carbocycles. The summed E-state index contributed by atoms with van der Waals surface area (Å²) < 4.78 is 49.2. The molecule has 0 saturated carbocycles. The number of alkyl halides is 3. The molecule has 4 rings (SSSR count). The summed E-state index contributed by atoms with van der Waals surface area (Å²) in [5.74, 6) is 1.85. The molecule has 1 saturated heterocycles. The van der Waals surface area contributed by atoms with Crippen LogP contribution in [0.5, 0.6) is 0 Å². The lowest BCUT2D eigenvalue weighted by Crippen LogP contribution is -2.45. The van der Waals surface area contributed by atoms with Crippen molar-refractivity contribution in [2.24, 2.45) is 0 Å². The third-order valence-corrected chi connectivity index (χ3v) is 4.93. The van der Waals surface area contributed by atoms with E-state index in [0.29, 0.717) is 30.7 Å². The lowest BCUT2D eigenvalue weighted by molar-refractivity contribution is -0.137. The van der Waals surface area contributed by atoms with Gasteiger partial charge in [0.25, 0.3) is 0 Å². The molecule has 8 nitrogen and oxygen atoms in total. The van der Waals surface area contributed by atoms with Gasteiger partial charge in [-0.05, 0) is 12.1 Å². The average Bonchev–Trinajstić information content (AvgIpc) is 3.38. The van der Waals surface area contributed by atoms with Crippen LogP contribution in [0.3, 0.4) is 0 Å². The van der Waals surface area contributed by atoms with Gasteiger partial charge in [0.15, 0.2) is 5.82 Å². The van der Waals surface area contributed by atoms with Crippen molar-refractivity contribution in [3.8, 4) is 11.4 Å². The Labute approximate surface area is 170 Å². The summed E-state index contributed by atoms with van der Waals surface area (Å²) in [6, 6.07) is 4.90. The smallest absolute Gasteiger partial charge is 0.338 e. The molecule has 11 heteroatoms. The van der Waals surface area contributed by atoms with Crippen LogP contribution in [0, 0.1) is 0 Å². The summed E-state index contributed by atoms with van der Waals surface area (Å²) in [7, 11) is 0. The Balaban J connectivity index is 1.32. The molecule has 160 valence electrons. The van der Waals surface area contributed by atoms with E-state index in [2.05, 4.69) is 30.1 Å². The van der Waals surface area contributed by atoms with Crippen molar-refractivity contribution in [3.63, 3.8) is 0 Å². The van der Waals surface area contributed by atoms with Crippen molar-refractivity contribution >= 4 is 0 Å². The summed E-state index contributed by atoms with van der Waals surface area (Å²) in [5.41, 5.74) is -0.467. The minimum Gasteiger partial charge on any atom is -0.338 e. The molecule has 30 heavy (non-hydrogen) atoms. The second-order valence-corrected chi connectivity index (χ2v) is 7.10. The van der Waals surface area contributed by atoms with Crippen molar-refractivity contribution < 1.29 is 22.2 Å². The predicted molar refractivity (Wildman–Crippen MR) is 99.0 cm³/mol. The van der Waals surface area contributed by atoms with Gasteiger partial charge in [0.2, 0.25) is 17.6 Å². The summed E-state index contributed by atoms with van der Waals surface area (Å²) in [6.45, 7) is 6.24. The van der Waals surface area contributed by atoms with Gasteiger partial charge in [0.05, 0.1) is 18.7 Å². The first kappa shape index (κ1) is 20.5. The highest BCUT2D eigenvalue weighted by molar-refractivity contribution is 5.55. The molecule has 1 aliphatic rings. The van der Waals surface area contributed by atoms with E-state index in [1.165, 1.54) is 12.1 Å². The van der Waals surface area contributed by atoms with E-state index in [1.54, 1.807) is 0 Å². The fraction of sp³-hybridized carbons (Fsp3) is 0.474. The van der Waals surface area contributed by atoms with Crippen LogP contribution in [0.2, 0.25) is 0 Å². The molecule has 1 aliphatic heterocycles. The molecule has 0 N–H and O–H groups in total. The Hall–Kier alpha value is -2.79. The highest BCUT2D eigenvalue weighted by Gasteiger charge is 2.31. The molecule has 0 bridgehead atoms.